The number of aliphatic hydroxyl groups excluding tert-OH is 1. The molecule has 0 radical (unpaired) electrons. The van der Waals surface area contributed by atoms with Gasteiger partial charge in [0.1, 0.15) is 6.10 Å². The average molecular weight is 424 g/mol. The molecule has 2 heterocycles. The van der Waals surface area contributed by atoms with Gasteiger partial charge in [0.15, 0.2) is 0 Å². The summed E-state index contributed by atoms with van der Waals surface area (Å²) in [5.41, 5.74) is 0. The van der Waals surface area contributed by atoms with Crippen LogP contribution in [0.1, 0.15) is 77.0 Å². The summed E-state index contributed by atoms with van der Waals surface area (Å²) in [5.74, 6) is 0.352. The van der Waals surface area contributed by atoms with Crippen LogP contribution in [0.25, 0.3) is 0 Å². The zero-order valence-corrected chi connectivity index (χ0v) is 18.4. The van der Waals surface area contributed by atoms with E-state index in [9.17, 15) is 14.7 Å². The minimum Gasteiger partial charge on any atom is -0.394 e. The van der Waals surface area contributed by atoms with Gasteiger partial charge in [-0.2, -0.15) is 0 Å². The fourth-order valence-electron chi connectivity index (χ4n) is 5.08. The van der Waals surface area contributed by atoms with Crippen LogP contribution in [0.5, 0.6) is 0 Å². The van der Waals surface area contributed by atoms with Gasteiger partial charge in [-0.05, 0) is 58.0 Å². The van der Waals surface area contributed by atoms with Gasteiger partial charge >= 0.3 is 0 Å². The van der Waals surface area contributed by atoms with Gasteiger partial charge in [0.25, 0.3) is 0 Å². The quantitative estimate of drug-likeness (QED) is 0.527. The van der Waals surface area contributed by atoms with Crippen LogP contribution in [0.4, 0.5) is 0 Å². The van der Waals surface area contributed by atoms with Crippen LogP contribution in [0.2, 0.25) is 0 Å². The third kappa shape index (κ3) is 7.50. The zero-order valence-electron chi connectivity index (χ0n) is 18.4. The molecule has 0 aromatic heterocycles. The third-order valence-electron chi connectivity index (χ3n) is 6.99. The number of carbonyl (C=O) groups is 2. The molecule has 0 aromatic carbocycles. The van der Waals surface area contributed by atoms with E-state index < -0.39 is 0 Å². The lowest BCUT2D eigenvalue weighted by molar-refractivity contribution is -0.133. The molecule has 7 nitrogen and oxygen atoms in total. The number of amides is 2. The molecule has 2 saturated heterocycles. The molecule has 3 fully saturated rings. The number of nitrogens with zero attached hydrogens (tertiary/aromatic N) is 1. The van der Waals surface area contributed by atoms with Gasteiger partial charge in [0, 0.05) is 25.4 Å². The van der Waals surface area contributed by atoms with Crippen molar-refractivity contribution in [3.63, 3.8) is 0 Å². The smallest absolute Gasteiger partial charge is 0.223 e. The Morgan fingerprint density at radius 1 is 0.967 bits per heavy atom. The monoisotopic (exact) mass is 423 g/mol. The molecule has 2 aliphatic heterocycles. The molecule has 1 saturated carbocycles. The second-order valence-corrected chi connectivity index (χ2v) is 9.30. The number of carbonyl (C=O) groups excluding carboxylic acids is 2. The molecule has 2 amide bonds. The van der Waals surface area contributed by atoms with Crippen molar-refractivity contribution in [3.8, 4) is 0 Å². The molecule has 3 aliphatic rings. The maximum atomic E-state index is 12.5. The second-order valence-electron chi connectivity index (χ2n) is 9.30. The normalized spacial score (nSPS) is 28.8. The van der Waals surface area contributed by atoms with E-state index in [0.717, 1.165) is 64.6 Å². The SMILES string of the molecule is O=C(CCN1CCCCC1)NCC[C@@H]1CC[C@H](NC(=O)C2CCCCC2)[C@H](CO)O1. The standard InChI is InChI=1S/C23H41N3O4/c27-17-21-20(25-23(29)18-7-3-1-4-8-18)10-9-19(30-21)11-13-24-22(28)12-16-26-14-5-2-6-15-26/h18-21,27H,1-17H2,(H,24,28)(H,25,29)/t19-,20-,21-/m0/s1. The first kappa shape index (κ1) is 23.5. The predicted molar refractivity (Wildman–Crippen MR) is 116 cm³/mol. The predicted octanol–water partition coefficient (Wildman–Crippen LogP) is 1.97. The molecule has 3 rings (SSSR count). The van der Waals surface area contributed by atoms with Gasteiger partial charge in [-0.3, -0.25) is 9.59 Å². The van der Waals surface area contributed by atoms with Gasteiger partial charge in [-0.25, -0.2) is 0 Å². The van der Waals surface area contributed by atoms with Crippen LogP contribution in [0, 0.1) is 5.92 Å². The fraction of sp³-hybridized carbons (Fsp3) is 0.913. The molecule has 1 aliphatic carbocycles. The summed E-state index contributed by atoms with van der Waals surface area (Å²) in [6.45, 7) is 3.59. The molecule has 0 spiro atoms. The Morgan fingerprint density at radius 2 is 1.70 bits per heavy atom. The second kappa shape index (κ2) is 12.6. The Balaban J connectivity index is 1.31. The molecule has 3 atom stereocenters. The molecule has 0 aromatic rings. The van der Waals surface area contributed by atoms with Gasteiger partial charge in [-0.1, -0.05) is 25.7 Å². The maximum absolute atomic E-state index is 12.5. The largest absolute Gasteiger partial charge is 0.394 e. The highest BCUT2D eigenvalue weighted by molar-refractivity contribution is 5.79. The molecular weight excluding hydrogens is 382 g/mol. The first-order valence-electron chi connectivity index (χ1n) is 12.2. The van der Waals surface area contributed by atoms with E-state index in [-0.39, 0.29) is 42.6 Å². The number of piperidine rings is 1. The Kier molecular flexibility index (Phi) is 9.88. The van der Waals surface area contributed by atoms with Crippen molar-refractivity contribution in [2.75, 3.05) is 32.8 Å². The summed E-state index contributed by atoms with van der Waals surface area (Å²) < 4.78 is 6.05. The first-order chi connectivity index (χ1) is 14.7. The lowest BCUT2D eigenvalue weighted by Gasteiger charge is -2.37. The van der Waals surface area contributed by atoms with E-state index in [1.807, 2.05) is 0 Å². The minimum atomic E-state index is -0.355. The number of rotatable bonds is 9. The Labute approximate surface area is 181 Å². The lowest BCUT2D eigenvalue weighted by atomic mass is 9.88. The average Bonchev–Trinajstić information content (AvgIpc) is 2.79. The van der Waals surface area contributed by atoms with Crippen molar-refractivity contribution >= 4 is 11.8 Å². The van der Waals surface area contributed by atoms with E-state index in [2.05, 4.69) is 15.5 Å². The molecule has 0 unspecified atom stereocenters. The fourth-order valence-corrected chi connectivity index (χ4v) is 5.08. The summed E-state index contributed by atoms with van der Waals surface area (Å²) in [4.78, 5) is 27.0. The van der Waals surface area contributed by atoms with Gasteiger partial charge in [-0.15, -0.1) is 0 Å². The number of hydrogen-bond acceptors (Lipinski definition) is 5. The van der Waals surface area contributed by atoms with Crippen molar-refractivity contribution in [2.24, 2.45) is 5.92 Å². The van der Waals surface area contributed by atoms with E-state index in [1.165, 1.54) is 25.7 Å². The Bertz CT molecular complexity index is 533. The highest BCUT2D eigenvalue weighted by Gasteiger charge is 2.33. The van der Waals surface area contributed by atoms with Crippen LogP contribution in [-0.2, 0) is 14.3 Å². The van der Waals surface area contributed by atoms with Crippen LogP contribution < -0.4 is 10.6 Å². The highest BCUT2D eigenvalue weighted by Crippen LogP contribution is 2.26. The summed E-state index contributed by atoms with van der Waals surface area (Å²) in [7, 11) is 0. The van der Waals surface area contributed by atoms with E-state index >= 15 is 0 Å². The molecule has 3 N–H and O–H groups in total. The van der Waals surface area contributed by atoms with E-state index in [1.54, 1.807) is 0 Å². The summed E-state index contributed by atoms with van der Waals surface area (Å²) >= 11 is 0. The molecule has 30 heavy (non-hydrogen) atoms. The van der Waals surface area contributed by atoms with Crippen molar-refractivity contribution in [1.29, 1.82) is 0 Å². The number of ether oxygens (including phenoxy) is 1. The van der Waals surface area contributed by atoms with Crippen molar-refractivity contribution < 1.29 is 19.4 Å². The van der Waals surface area contributed by atoms with Crippen molar-refractivity contribution in [1.82, 2.24) is 15.5 Å². The summed E-state index contributed by atoms with van der Waals surface area (Å²) in [5, 5.41) is 15.9. The summed E-state index contributed by atoms with van der Waals surface area (Å²) in [6.07, 6.45) is 11.9. The van der Waals surface area contributed by atoms with Crippen LogP contribution in [-0.4, -0.2) is 72.9 Å². The molecular formula is C23H41N3O4. The Hall–Kier alpha value is -1.18. The molecule has 0 bridgehead atoms. The maximum Gasteiger partial charge on any atom is 0.223 e. The van der Waals surface area contributed by atoms with Gasteiger partial charge in [0.2, 0.25) is 11.8 Å². The van der Waals surface area contributed by atoms with Crippen molar-refractivity contribution in [2.45, 2.75) is 95.3 Å². The van der Waals surface area contributed by atoms with Crippen LogP contribution >= 0.6 is 0 Å². The topological polar surface area (TPSA) is 90.9 Å². The van der Waals surface area contributed by atoms with Crippen LogP contribution in [0.15, 0.2) is 0 Å². The summed E-state index contributed by atoms with van der Waals surface area (Å²) in [6, 6.07) is -0.111. The van der Waals surface area contributed by atoms with E-state index in [4.69, 9.17) is 4.74 Å². The number of aliphatic hydroxyl groups is 1. The van der Waals surface area contributed by atoms with E-state index in [0.29, 0.717) is 13.0 Å². The minimum absolute atomic E-state index is 0.0207. The van der Waals surface area contributed by atoms with Crippen molar-refractivity contribution in [3.05, 3.63) is 0 Å². The Morgan fingerprint density at radius 3 is 2.43 bits per heavy atom. The lowest BCUT2D eigenvalue weighted by Crippen LogP contribution is -2.52. The zero-order chi connectivity index (χ0) is 21.2. The number of likely N-dealkylation sites (tertiary alicyclic amines) is 1. The van der Waals surface area contributed by atoms with Crippen LogP contribution in [0.3, 0.4) is 0 Å². The highest BCUT2D eigenvalue weighted by atomic mass is 16.5. The third-order valence-corrected chi connectivity index (χ3v) is 6.99. The number of hydrogen-bond donors (Lipinski definition) is 3. The van der Waals surface area contributed by atoms with Gasteiger partial charge in [0.05, 0.1) is 18.8 Å². The van der Waals surface area contributed by atoms with Gasteiger partial charge < -0.3 is 25.4 Å². The first-order valence-corrected chi connectivity index (χ1v) is 12.2. The molecule has 7 heteroatoms. The molecule has 172 valence electrons. The number of nitrogens with one attached hydrogen (secondary N) is 2.